The maximum absolute atomic E-state index is 10.8. The summed E-state index contributed by atoms with van der Waals surface area (Å²) in [6.07, 6.45) is 4.95. The van der Waals surface area contributed by atoms with Crippen molar-refractivity contribution in [1.29, 1.82) is 0 Å². The van der Waals surface area contributed by atoms with Crippen LogP contribution in [0.1, 0.15) is 43.2 Å². The van der Waals surface area contributed by atoms with E-state index in [9.17, 15) is 4.79 Å². The van der Waals surface area contributed by atoms with Crippen LogP contribution in [0.3, 0.4) is 0 Å². The minimum absolute atomic E-state index is 0.280. The zero-order chi connectivity index (χ0) is 23.5. The van der Waals surface area contributed by atoms with Crippen molar-refractivity contribution < 1.29 is 14.3 Å². The lowest BCUT2D eigenvalue weighted by Gasteiger charge is -2.18. The van der Waals surface area contributed by atoms with Crippen LogP contribution < -0.4 is 20.5 Å². The Labute approximate surface area is 198 Å². The Balaban J connectivity index is 1.54. The van der Waals surface area contributed by atoms with Gasteiger partial charge in [0.25, 0.3) is 0 Å². The van der Waals surface area contributed by atoms with E-state index >= 15 is 0 Å². The number of carbonyl (C=O) groups excluding carboxylic acids is 1. The van der Waals surface area contributed by atoms with Crippen molar-refractivity contribution in [2.75, 3.05) is 45.9 Å². The molecule has 33 heavy (non-hydrogen) atoms. The van der Waals surface area contributed by atoms with Gasteiger partial charge in [-0.15, -0.1) is 0 Å². The first-order chi connectivity index (χ1) is 16.1. The minimum atomic E-state index is -0.280. The average molecular weight is 454 g/mol. The highest BCUT2D eigenvalue weighted by atomic mass is 16.5. The van der Waals surface area contributed by atoms with E-state index < -0.39 is 0 Å². The number of hydrogen-bond acceptors (Lipinski definition) is 5. The van der Waals surface area contributed by atoms with E-state index in [2.05, 4.69) is 48.3 Å². The van der Waals surface area contributed by atoms with Crippen LogP contribution in [0, 0.1) is 13.8 Å². The molecule has 0 bridgehead atoms. The zero-order valence-corrected chi connectivity index (χ0v) is 20.2. The molecule has 2 aromatic rings. The Kier molecular flexibility index (Phi) is 10.0. The molecule has 0 saturated carbocycles. The Morgan fingerprint density at radius 1 is 0.909 bits per heavy atom. The average Bonchev–Trinajstić information content (AvgIpc) is 3.32. The molecule has 0 atom stereocenters. The van der Waals surface area contributed by atoms with Crippen LogP contribution in [0.4, 0.5) is 0 Å². The van der Waals surface area contributed by atoms with Crippen LogP contribution >= 0.6 is 0 Å². The van der Waals surface area contributed by atoms with Crippen molar-refractivity contribution in [2.24, 2.45) is 5.73 Å². The molecule has 6 heteroatoms. The van der Waals surface area contributed by atoms with Gasteiger partial charge in [0, 0.05) is 19.5 Å². The fourth-order valence-electron chi connectivity index (χ4n) is 4.32. The van der Waals surface area contributed by atoms with Crippen molar-refractivity contribution >= 4 is 5.91 Å². The maximum atomic E-state index is 10.8. The highest BCUT2D eigenvalue weighted by Gasteiger charge is 2.13. The topological polar surface area (TPSA) is 76.8 Å². The van der Waals surface area contributed by atoms with Crippen molar-refractivity contribution in [3.05, 3.63) is 47.5 Å². The van der Waals surface area contributed by atoms with E-state index in [0.717, 1.165) is 55.2 Å². The summed E-state index contributed by atoms with van der Waals surface area (Å²) in [7, 11) is 0. The molecule has 6 nitrogen and oxygen atoms in total. The second-order valence-electron chi connectivity index (χ2n) is 8.78. The molecule has 1 aliphatic heterocycles. The summed E-state index contributed by atoms with van der Waals surface area (Å²) in [6, 6.07) is 12.5. The van der Waals surface area contributed by atoms with Gasteiger partial charge >= 0.3 is 0 Å². The molecular formula is C27H39N3O3. The molecule has 0 radical (unpaired) electrons. The minimum Gasteiger partial charge on any atom is -0.493 e. The molecule has 3 N–H and O–H groups in total. The molecule has 1 amide bonds. The number of nitrogens with two attached hydrogens (primary N) is 1. The Morgan fingerprint density at radius 2 is 1.48 bits per heavy atom. The Morgan fingerprint density at radius 3 is 2.06 bits per heavy atom. The molecule has 1 heterocycles. The molecule has 1 fully saturated rings. The third kappa shape index (κ3) is 7.76. The number of benzene rings is 2. The standard InChI is InChI=1S/C27H39N3O3/c1-21-23(9-5-11-25(21)32-19-7-14-29-15-13-27(28)31)24-10-6-12-26(22(24)2)33-20-8-18-30-16-3-4-17-30/h5-6,9-12,29H,3-4,7-8,13-20H2,1-2H3,(H2,28,31). The normalized spacial score (nSPS) is 13.9. The van der Waals surface area contributed by atoms with Gasteiger partial charge in [-0.3, -0.25) is 4.79 Å². The fourth-order valence-corrected chi connectivity index (χ4v) is 4.32. The molecule has 180 valence electrons. The second kappa shape index (κ2) is 13.2. The van der Waals surface area contributed by atoms with E-state index in [1.165, 1.54) is 37.1 Å². The van der Waals surface area contributed by atoms with Gasteiger partial charge in [-0.2, -0.15) is 0 Å². The number of likely N-dealkylation sites (tertiary alicyclic amines) is 1. The smallest absolute Gasteiger partial charge is 0.218 e. The predicted molar refractivity (Wildman–Crippen MR) is 134 cm³/mol. The first-order valence-electron chi connectivity index (χ1n) is 12.2. The van der Waals surface area contributed by atoms with Crippen molar-refractivity contribution in [1.82, 2.24) is 10.2 Å². The van der Waals surface area contributed by atoms with E-state index in [4.69, 9.17) is 15.2 Å². The molecule has 0 unspecified atom stereocenters. The number of amides is 1. The van der Waals surface area contributed by atoms with Gasteiger partial charge in [-0.1, -0.05) is 24.3 Å². The lowest BCUT2D eigenvalue weighted by atomic mass is 9.95. The van der Waals surface area contributed by atoms with Gasteiger partial charge in [0.1, 0.15) is 11.5 Å². The van der Waals surface area contributed by atoms with Crippen LogP contribution in [0.5, 0.6) is 11.5 Å². The molecule has 0 spiro atoms. The number of primary amides is 1. The molecular weight excluding hydrogens is 414 g/mol. The van der Waals surface area contributed by atoms with Gasteiger partial charge in [0.15, 0.2) is 0 Å². The third-order valence-corrected chi connectivity index (χ3v) is 6.24. The number of ether oxygens (including phenoxy) is 2. The molecule has 0 aromatic heterocycles. The fraction of sp³-hybridized carbons (Fsp3) is 0.519. The summed E-state index contributed by atoms with van der Waals surface area (Å²) < 4.78 is 12.2. The molecule has 1 saturated heterocycles. The van der Waals surface area contributed by atoms with Gasteiger partial charge in [-0.25, -0.2) is 0 Å². The summed E-state index contributed by atoms with van der Waals surface area (Å²) in [5.41, 5.74) is 9.80. The van der Waals surface area contributed by atoms with E-state index in [1.807, 2.05) is 12.1 Å². The van der Waals surface area contributed by atoms with Crippen LogP contribution in [-0.2, 0) is 4.79 Å². The summed E-state index contributed by atoms with van der Waals surface area (Å²) in [4.78, 5) is 13.3. The van der Waals surface area contributed by atoms with Crippen LogP contribution in [0.2, 0.25) is 0 Å². The number of hydrogen-bond donors (Lipinski definition) is 2. The molecule has 0 aliphatic carbocycles. The number of carbonyl (C=O) groups is 1. The van der Waals surface area contributed by atoms with E-state index in [0.29, 0.717) is 19.6 Å². The second-order valence-corrected chi connectivity index (χ2v) is 8.78. The van der Waals surface area contributed by atoms with Crippen LogP contribution in [-0.4, -0.2) is 56.7 Å². The lowest BCUT2D eigenvalue weighted by Crippen LogP contribution is -2.23. The number of nitrogens with one attached hydrogen (secondary N) is 1. The monoisotopic (exact) mass is 453 g/mol. The lowest BCUT2D eigenvalue weighted by molar-refractivity contribution is -0.117. The molecule has 3 rings (SSSR count). The third-order valence-electron chi connectivity index (χ3n) is 6.24. The van der Waals surface area contributed by atoms with Crippen molar-refractivity contribution in [2.45, 2.75) is 46.0 Å². The summed E-state index contributed by atoms with van der Waals surface area (Å²) >= 11 is 0. The van der Waals surface area contributed by atoms with E-state index in [-0.39, 0.29) is 5.91 Å². The van der Waals surface area contributed by atoms with Gasteiger partial charge in [0.05, 0.1) is 13.2 Å². The zero-order valence-electron chi connectivity index (χ0n) is 20.2. The summed E-state index contributed by atoms with van der Waals surface area (Å²) in [6.45, 7) is 10.6. The van der Waals surface area contributed by atoms with Gasteiger partial charge < -0.3 is 25.4 Å². The summed E-state index contributed by atoms with van der Waals surface area (Å²) in [5.74, 6) is 1.58. The Hall–Kier alpha value is -2.57. The number of rotatable bonds is 14. The Bertz CT molecular complexity index is 894. The van der Waals surface area contributed by atoms with Crippen molar-refractivity contribution in [3.63, 3.8) is 0 Å². The van der Waals surface area contributed by atoms with Crippen LogP contribution in [0.25, 0.3) is 11.1 Å². The van der Waals surface area contributed by atoms with E-state index in [1.54, 1.807) is 0 Å². The maximum Gasteiger partial charge on any atom is 0.218 e. The first kappa shape index (κ1) is 25.1. The van der Waals surface area contributed by atoms with Crippen molar-refractivity contribution in [3.8, 4) is 22.6 Å². The highest BCUT2D eigenvalue weighted by molar-refractivity contribution is 5.74. The molecule has 2 aromatic carbocycles. The van der Waals surface area contributed by atoms with Gasteiger partial charge in [0.2, 0.25) is 5.91 Å². The summed E-state index contributed by atoms with van der Waals surface area (Å²) in [5, 5.41) is 3.21. The quantitative estimate of drug-likeness (QED) is 0.422. The largest absolute Gasteiger partial charge is 0.493 e. The predicted octanol–water partition coefficient (Wildman–Crippen LogP) is 4.07. The highest BCUT2D eigenvalue weighted by Crippen LogP contribution is 2.35. The number of nitrogens with zero attached hydrogens (tertiary/aromatic N) is 1. The van der Waals surface area contributed by atoms with Crippen LogP contribution in [0.15, 0.2) is 36.4 Å². The first-order valence-corrected chi connectivity index (χ1v) is 12.2. The SMILES string of the molecule is Cc1c(OCCCNCCC(N)=O)cccc1-c1cccc(OCCCN2CCCC2)c1C. The molecule has 1 aliphatic rings. The van der Waals surface area contributed by atoms with Gasteiger partial charge in [-0.05, 0) is 93.6 Å².